The zero-order valence-electron chi connectivity index (χ0n) is 12.9. The van der Waals surface area contributed by atoms with Crippen LogP contribution in [-0.2, 0) is 10.0 Å². The van der Waals surface area contributed by atoms with E-state index in [2.05, 4.69) is 4.72 Å². The second kappa shape index (κ2) is 6.78. The molecule has 6 nitrogen and oxygen atoms in total. The lowest BCUT2D eigenvalue weighted by Crippen LogP contribution is -2.15. The van der Waals surface area contributed by atoms with E-state index < -0.39 is 14.9 Å². The molecule has 122 valence electrons. The molecule has 0 saturated heterocycles. The van der Waals surface area contributed by atoms with Gasteiger partial charge in [0.05, 0.1) is 15.5 Å². The number of para-hydroxylation sites is 1. The molecule has 0 saturated carbocycles. The van der Waals surface area contributed by atoms with Gasteiger partial charge in [-0.15, -0.1) is 0 Å². The summed E-state index contributed by atoms with van der Waals surface area (Å²) in [5.41, 5.74) is 1.13. The van der Waals surface area contributed by atoms with Crippen molar-refractivity contribution in [2.45, 2.75) is 31.1 Å². The van der Waals surface area contributed by atoms with E-state index >= 15 is 0 Å². The van der Waals surface area contributed by atoms with Crippen LogP contribution in [0.3, 0.4) is 0 Å². The van der Waals surface area contributed by atoms with Gasteiger partial charge in [0.1, 0.15) is 0 Å². The molecule has 1 N–H and O–H groups in total. The van der Waals surface area contributed by atoms with Gasteiger partial charge in [-0.1, -0.05) is 38.1 Å². The number of hydrogen-bond acceptors (Lipinski definition) is 4. The number of non-ortho nitro benzene ring substituents is 1. The van der Waals surface area contributed by atoms with E-state index in [1.165, 1.54) is 18.2 Å². The van der Waals surface area contributed by atoms with Crippen LogP contribution in [-0.4, -0.2) is 13.3 Å². The van der Waals surface area contributed by atoms with Crippen molar-refractivity contribution in [3.05, 3.63) is 64.2 Å². The maximum atomic E-state index is 12.5. The molecule has 23 heavy (non-hydrogen) atoms. The molecule has 2 rings (SSSR count). The smallest absolute Gasteiger partial charge is 0.270 e. The lowest BCUT2D eigenvalue weighted by atomic mass is 9.97. The largest absolute Gasteiger partial charge is 0.279 e. The Labute approximate surface area is 135 Å². The van der Waals surface area contributed by atoms with E-state index in [4.69, 9.17) is 0 Å². The Morgan fingerprint density at radius 2 is 1.87 bits per heavy atom. The van der Waals surface area contributed by atoms with Gasteiger partial charge in [0.15, 0.2) is 0 Å². The van der Waals surface area contributed by atoms with Gasteiger partial charge in [0.2, 0.25) is 0 Å². The van der Waals surface area contributed by atoms with Crippen molar-refractivity contribution in [1.29, 1.82) is 0 Å². The molecule has 2 aromatic rings. The molecule has 2 aromatic carbocycles. The van der Waals surface area contributed by atoms with Crippen molar-refractivity contribution in [3.8, 4) is 0 Å². The van der Waals surface area contributed by atoms with E-state index in [0.29, 0.717) is 5.69 Å². The van der Waals surface area contributed by atoms with Gasteiger partial charge in [-0.25, -0.2) is 8.42 Å². The van der Waals surface area contributed by atoms with Crippen molar-refractivity contribution in [2.24, 2.45) is 0 Å². The second-order valence-electron chi connectivity index (χ2n) is 5.26. The average molecular weight is 334 g/mol. The fraction of sp³-hybridized carbons (Fsp3) is 0.250. The normalized spacial score (nSPS) is 12.6. The molecule has 1 atom stereocenters. The van der Waals surface area contributed by atoms with Crippen LogP contribution in [0, 0.1) is 10.1 Å². The average Bonchev–Trinajstić information content (AvgIpc) is 2.54. The summed E-state index contributed by atoms with van der Waals surface area (Å²) in [7, 11) is -3.89. The molecular formula is C16H18N2O4S. The van der Waals surface area contributed by atoms with Crippen LogP contribution in [0.5, 0.6) is 0 Å². The highest BCUT2D eigenvalue weighted by Crippen LogP contribution is 2.28. The lowest BCUT2D eigenvalue weighted by molar-refractivity contribution is -0.385. The maximum Gasteiger partial charge on any atom is 0.270 e. The number of sulfonamides is 1. The van der Waals surface area contributed by atoms with Crippen LogP contribution >= 0.6 is 0 Å². The van der Waals surface area contributed by atoms with Crippen molar-refractivity contribution in [3.63, 3.8) is 0 Å². The van der Waals surface area contributed by atoms with Crippen LogP contribution in [0.1, 0.15) is 31.7 Å². The number of nitrogens with zero attached hydrogens (tertiary/aromatic N) is 1. The van der Waals surface area contributed by atoms with Gasteiger partial charge < -0.3 is 0 Å². The van der Waals surface area contributed by atoms with Crippen LogP contribution < -0.4 is 4.72 Å². The number of nitro benzene ring substituents is 1. The molecule has 0 aromatic heterocycles. The van der Waals surface area contributed by atoms with Crippen molar-refractivity contribution in [1.82, 2.24) is 0 Å². The first-order chi connectivity index (χ1) is 10.8. The fourth-order valence-corrected chi connectivity index (χ4v) is 3.33. The minimum atomic E-state index is -3.89. The number of benzene rings is 2. The standard InChI is InChI=1S/C16H18N2O4S/c1-3-12(2)15-9-4-5-10-16(15)17-23(21,22)14-8-6-7-13(11-14)18(19)20/h4-12,17H,3H2,1-2H3/t12-/m1/s1. The van der Waals surface area contributed by atoms with Gasteiger partial charge in [-0.2, -0.15) is 0 Å². The molecule has 0 unspecified atom stereocenters. The van der Waals surface area contributed by atoms with Crippen LogP contribution in [0.2, 0.25) is 0 Å². The topological polar surface area (TPSA) is 89.3 Å². The van der Waals surface area contributed by atoms with Gasteiger partial charge in [-0.05, 0) is 30.0 Å². The first kappa shape index (κ1) is 17.0. The molecule has 0 aliphatic heterocycles. The summed E-state index contributed by atoms with van der Waals surface area (Å²) in [6, 6.07) is 12.2. The van der Waals surface area contributed by atoms with Gasteiger partial charge >= 0.3 is 0 Å². The fourth-order valence-electron chi connectivity index (χ4n) is 2.21. The minimum absolute atomic E-state index is 0.134. The molecule has 0 aliphatic rings. The Kier molecular flexibility index (Phi) is 5.00. The van der Waals surface area contributed by atoms with E-state index in [-0.39, 0.29) is 16.5 Å². The van der Waals surface area contributed by atoms with Crippen molar-refractivity contribution < 1.29 is 13.3 Å². The predicted molar refractivity (Wildman–Crippen MR) is 89.1 cm³/mol. The Morgan fingerprint density at radius 3 is 2.52 bits per heavy atom. The third kappa shape index (κ3) is 3.87. The molecule has 0 bridgehead atoms. The number of nitrogens with one attached hydrogen (secondary N) is 1. The number of anilines is 1. The minimum Gasteiger partial charge on any atom is -0.279 e. The quantitative estimate of drug-likeness (QED) is 0.640. The summed E-state index contributed by atoms with van der Waals surface area (Å²) < 4.78 is 27.5. The zero-order chi connectivity index (χ0) is 17.0. The van der Waals surface area contributed by atoms with E-state index in [1.807, 2.05) is 26.0 Å². The molecule has 7 heteroatoms. The molecule has 0 heterocycles. The van der Waals surface area contributed by atoms with Crippen LogP contribution in [0.15, 0.2) is 53.4 Å². The highest BCUT2D eigenvalue weighted by atomic mass is 32.2. The number of nitro groups is 1. The molecular weight excluding hydrogens is 316 g/mol. The Balaban J connectivity index is 2.40. The van der Waals surface area contributed by atoms with E-state index in [9.17, 15) is 18.5 Å². The van der Waals surface area contributed by atoms with Gasteiger partial charge in [0, 0.05) is 12.1 Å². The summed E-state index contributed by atoms with van der Waals surface area (Å²) in [5, 5.41) is 10.8. The molecule has 0 radical (unpaired) electrons. The van der Waals surface area contributed by atoms with E-state index in [0.717, 1.165) is 18.1 Å². The third-order valence-electron chi connectivity index (χ3n) is 3.69. The maximum absolute atomic E-state index is 12.5. The van der Waals surface area contributed by atoms with Crippen molar-refractivity contribution >= 4 is 21.4 Å². The first-order valence-corrected chi connectivity index (χ1v) is 8.69. The third-order valence-corrected chi connectivity index (χ3v) is 5.05. The summed E-state index contributed by atoms with van der Waals surface area (Å²) >= 11 is 0. The summed E-state index contributed by atoms with van der Waals surface area (Å²) in [6.45, 7) is 4.04. The van der Waals surface area contributed by atoms with Gasteiger partial charge in [-0.3, -0.25) is 14.8 Å². The molecule has 0 amide bonds. The first-order valence-electron chi connectivity index (χ1n) is 7.21. The van der Waals surface area contributed by atoms with Gasteiger partial charge in [0.25, 0.3) is 15.7 Å². The molecule has 0 fully saturated rings. The molecule has 0 aliphatic carbocycles. The SMILES string of the molecule is CC[C@@H](C)c1ccccc1NS(=O)(=O)c1cccc([N+](=O)[O-])c1. The Bertz CT molecular complexity index is 818. The molecule has 0 spiro atoms. The van der Waals surface area contributed by atoms with E-state index in [1.54, 1.807) is 12.1 Å². The highest BCUT2D eigenvalue weighted by Gasteiger charge is 2.19. The number of rotatable bonds is 6. The summed E-state index contributed by atoms with van der Waals surface area (Å²) in [4.78, 5) is 10.1. The van der Waals surface area contributed by atoms with Crippen molar-refractivity contribution in [2.75, 3.05) is 4.72 Å². The van der Waals surface area contributed by atoms with Crippen LogP contribution in [0.25, 0.3) is 0 Å². The number of hydrogen-bond donors (Lipinski definition) is 1. The highest BCUT2D eigenvalue weighted by molar-refractivity contribution is 7.92. The monoisotopic (exact) mass is 334 g/mol. The second-order valence-corrected chi connectivity index (χ2v) is 6.94. The Morgan fingerprint density at radius 1 is 1.17 bits per heavy atom. The van der Waals surface area contributed by atoms with Crippen LogP contribution in [0.4, 0.5) is 11.4 Å². The summed E-state index contributed by atoms with van der Waals surface area (Å²) in [6.07, 6.45) is 0.871. The Hall–Kier alpha value is -2.41. The lowest BCUT2D eigenvalue weighted by Gasteiger charge is -2.16. The predicted octanol–water partition coefficient (Wildman–Crippen LogP) is 3.91. The zero-order valence-corrected chi connectivity index (χ0v) is 13.7. The summed E-state index contributed by atoms with van der Waals surface area (Å²) in [5.74, 6) is 0.194.